The number of aliphatic hydroxyl groups excluding tert-OH is 1. The number of likely N-dealkylation sites (tertiary alicyclic amines) is 1. The van der Waals surface area contributed by atoms with E-state index in [9.17, 15) is 19.8 Å². The van der Waals surface area contributed by atoms with Gasteiger partial charge in [0.05, 0.1) is 43.7 Å². The minimum absolute atomic E-state index is 0.179. The SMILES string of the molecule is CCN1C[C@]2(COC)C(O)C[C@H](OC)C34C1C([C@H](OC)[C@@H]32)[C@@]1(OC(C)=O)C[C@H](OC)[C@]2(O)C[C@@H]4[C@@H]1[C@H]2OC(=O)c1ccc(OC)cc1. The van der Waals surface area contributed by atoms with Crippen molar-refractivity contribution in [1.82, 2.24) is 4.90 Å². The molecule has 5 aliphatic carbocycles. The molecule has 12 nitrogen and oxygen atoms in total. The molecule has 1 spiro atoms. The highest BCUT2D eigenvalue weighted by atomic mass is 16.6. The van der Waals surface area contributed by atoms with Crippen molar-refractivity contribution in [2.24, 2.45) is 34.5 Å². The molecule has 7 bridgehead atoms. The molecule has 2 N–H and O–H groups in total. The lowest BCUT2D eigenvalue weighted by molar-refractivity contribution is -0.300. The van der Waals surface area contributed by atoms with Crippen molar-refractivity contribution in [1.29, 1.82) is 0 Å². The van der Waals surface area contributed by atoms with E-state index < -0.39 is 76.3 Å². The van der Waals surface area contributed by atoms with E-state index in [1.807, 2.05) is 0 Å². The third kappa shape index (κ3) is 4.00. The monoisotopic (exact) mass is 659 g/mol. The van der Waals surface area contributed by atoms with Crippen molar-refractivity contribution in [3.8, 4) is 5.75 Å². The molecule has 14 atom stereocenters. The molecular weight excluding hydrogens is 610 g/mol. The van der Waals surface area contributed by atoms with E-state index in [0.717, 1.165) is 0 Å². The fourth-order valence-corrected chi connectivity index (χ4v) is 12.4. The van der Waals surface area contributed by atoms with Crippen LogP contribution in [0, 0.1) is 34.5 Å². The number of methoxy groups -OCH3 is 5. The Bertz CT molecular complexity index is 1390. The van der Waals surface area contributed by atoms with E-state index in [0.29, 0.717) is 37.4 Å². The number of esters is 2. The summed E-state index contributed by atoms with van der Waals surface area (Å²) >= 11 is 0. The summed E-state index contributed by atoms with van der Waals surface area (Å²) in [7, 11) is 8.11. The molecule has 1 saturated heterocycles. The Labute approximate surface area is 275 Å². The van der Waals surface area contributed by atoms with Crippen LogP contribution >= 0.6 is 0 Å². The van der Waals surface area contributed by atoms with Crippen LogP contribution in [0.1, 0.15) is 43.5 Å². The van der Waals surface area contributed by atoms with E-state index in [1.54, 1.807) is 52.7 Å². The number of benzene rings is 1. The van der Waals surface area contributed by atoms with Crippen LogP contribution in [0.3, 0.4) is 0 Å². The first kappa shape index (κ1) is 33.2. The topological polar surface area (TPSA) is 142 Å². The molecule has 5 saturated carbocycles. The van der Waals surface area contributed by atoms with Crippen LogP contribution in [0.25, 0.3) is 0 Å². The van der Waals surface area contributed by atoms with Crippen LogP contribution in [-0.2, 0) is 33.2 Å². The molecule has 4 unspecified atom stereocenters. The molecule has 6 fully saturated rings. The lowest BCUT2D eigenvalue weighted by atomic mass is 9.42. The maximum atomic E-state index is 13.9. The average molecular weight is 660 g/mol. The smallest absolute Gasteiger partial charge is 0.338 e. The number of hydrogen-bond donors (Lipinski definition) is 2. The zero-order valence-electron chi connectivity index (χ0n) is 28.3. The van der Waals surface area contributed by atoms with Crippen LogP contribution in [-0.4, -0.2) is 130 Å². The zero-order valence-corrected chi connectivity index (χ0v) is 28.3. The number of hydrogen-bond acceptors (Lipinski definition) is 12. The van der Waals surface area contributed by atoms with Gasteiger partial charge in [0, 0.05) is 89.4 Å². The average Bonchev–Trinajstić information content (AvgIpc) is 3.43. The molecule has 1 heterocycles. The van der Waals surface area contributed by atoms with Crippen molar-refractivity contribution in [2.45, 2.75) is 80.9 Å². The van der Waals surface area contributed by atoms with Gasteiger partial charge in [0.25, 0.3) is 0 Å². The first-order chi connectivity index (χ1) is 22.5. The van der Waals surface area contributed by atoms with Gasteiger partial charge in [-0.15, -0.1) is 0 Å². The van der Waals surface area contributed by atoms with Gasteiger partial charge in [0.15, 0.2) is 0 Å². The normalized spacial score (nSPS) is 47.4. The van der Waals surface area contributed by atoms with Crippen molar-refractivity contribution < 1.29 is 53.0 Å². The summed E-state index contributed by atoms with van der Waals surface area (Å²) in [4.78, 5) is 29.5. The molecule has 6 aliphatic rings. The summed E-state index contributed by atoms with van der Waals surface area (Å²) in [6.45, 7) is 5.04. The van der Waals surface area contributed by atoms with Crippen LogP contribution in [0.15, 0.2) is 24.3 Å². The van der Waals surface area contributed by atoms with Gasteiger partial charge in [-0.2, -0.15) is 0 Å². The van der Waals surface area contributed by atoms with Gasteiger partial charge >= 0.3 is 11.9 Å². The van der Waals surface area contributed by atoms with E-state index in [2.05, 4.69) is 11.8 Å². The van der Waals surface area contributed by atoms with Crippen molar-refractivity contribution in [2.75, 3.05) is 55.2 Å². The van der Waals surface area contributed by atoms with Gasteiger partial charge in [-0.05, 0) is 43.1 Å². The second-order valence-corrected chi connectivity index (χ2v) is 14.7. The molecule has 1 aromatic carbocycles. The quantitative estimate of drug-likeness (QED) is 0.353. The number of carbonyl (C=O) groups is 2. The highest BCUT2D eigenvalue weighted by molar-refractivity contribution is 5.89. The Morgan fingerprint density at radius 2 is 1.68 bits per heavy atom. The third-order valence-corrected chi connectivity index (χ3v) is 13.4. The fourth-order valence-electron chi connectivity index (χ4n) is 12.4. The summed E-state index contributed by atoms with van der Waals surface area (Å²) in [5.41, 5.74) is -3.89. The Kier molecular flexibility index (Phi) is 8.02. The molecular formula is C35H49NO11. The zero-order chi connectivity index (χ0) is 33.7. The van der Waals surface area contributed by atoms with Crippen LogP contribution in [0.2, 0.25) is 0 Å². The number of piperidine rings is 1. The van der Waals surface area contributed by atoms with Crippen LogP contribution in [0.4, 0.5) is 0 Å². The van der Waals surface area contributed by atoms with Crippen molar-refractivity contribution >= 4 is 11.9 Å². The third-order valence-electron chi connectivity index (χ3n) is 13.4. The van der Waals surface area contributed by atoms with Crippen LogP contribution in [0.5, 0.6) is 5.75 Å². The maximum Gasteiger partial charge on any atom is 0.338 e. The molecule has 0 amide bonds. The molecule has 0 radical (unpaired) electrons. The molecule has 0 aromatic heterocycles. The standard InChI is InChI=1S/C35H49NO11/c1-8-36-16-32(17-41-3)22(38)13-23(43-5)35-21-14-33(40)24(44-6)15-34(47-18(2)37,26(29(35)36)27(45-7)28(32)35)25(21)30(33)46-31(39)19-9-11-20(42-4)12-10-19/h9-12,21-30,38,40H,8,13-17H2,1-7H3/t21-,22?,23+,24+,25-,26?,27+,28-,29?,30-,32+,33-,34-,35?/m1/s1. The second-order valence-electron chi connectivity index (χ2n) is 14.7. The lowest BCUT2D eigenvalue weighted by Crippen LogP contribution is -2.79. The van der Waals surface area contributed by atoms with Gasteiger partial charge in [-0.1, -0.05) is 6.92 Å². The van der Waals surface area contributed by atoms with E-state index >= 15 is 0 Å². The van der Waals surface area contributed by atoms with Gasteiger partial charge in [-0.3, -0.25) is 9.69 Å². The van der Waals surface area contributed by atoms with Crippen molar-refractivity contribution in [3.05, 3.63) is 29.8 Å². The summed E-state index contributed by atoms with van der Waals surface area (Å²) < 4.78 is 43.2. The number of carbonyl (C=O) groups excluding carboxylic acids is 2. The van der Waals surface area contributed by atoms with Gasteiger partial charge in [-0.25, -0.2) is 4.79 Å². The van der Waals surface area contributed by atoms with Crippen molar-refractivity contribution in [3.63, 3.8) is 0 Å². The number of ether oxygens (including phenoxy) is 7. The van der Waals surface area contributed by atoms with E-state index in [4.69, 9.17) is 33.2 Å². The molecule has 1 aliphatic heterocycles. The van der Waals surface area contributed by atoms with Gasteiger partial charge in [0.2, 0.25) is 0 Å². The lowest BCUT2D eigenvalue weighted by Gasteiger charge is -2.70. The Morgan fingerprint density at radius 1 is 0.979 bits per heavy atom. The van der Waals surface area contributed by atoms with Crippen LogP contribution < -0.4 is 4.74 Å². The highest BCUT2D eigenvalue weighted by Crippen LogP contribution is 2.80. The second kappa shape index (κ2) is 11.4. The highest BCUT2D eigenvalue weighted by Gasteiger charge is 2.90. The predicted octanol–water partition coefficient (Wildman–Crippen LogP) is 1.69. The van der Waals surface area contributed by atoms with Gasteiger partial charge in [0.1, 0.15) is 23.1 Å². The summed E-state index contributed by atoms with van der Waals surface area (Å²) in [6.07, 6.45) is -2.70. The molecule has 1 aromatic rings. The van der Waals surface area contributed by atoms with E-state index in [-0.39, 0.29) is 30.7 Å². The summed E-state index contributed by atoms with van der Waals surface area (Å²) in [5.74, 6) is -2.10. The number of fused-ring (bicyclic) bond motifs is 2. The first-order valence-electron chi connectivity index (χ1n) is 16.7. The molecule has 7 rings (SSSR count). The largest absolute Gasteiger partial charge is 0.497 e. The number of nitrogens with zero attached hydrogens (tertiary/aromatic N) is 1. The number of rotatable bonds is 10. The predicted molar refractivity (Wildman–Crippen MR) is 166 cm³/mol. The number of aliphatic hydroxyl groups is 2. The first-order valence-corrected chi connectivity index (χ1v) is 16.7. The molecule has 12 heteroatoms. The minimum Gasteiger partial charge on any atom is -0.497 e. The summed E-state index contributed by atoms with van der Waals surface area (Å²) in [6, 6.07) is 6.44. The van der Waals surface area contributed by atoms with E-state index in [1.165, 1.54) is 14.0 Å². The minimum atomic E-state index is -1.58. The maximum absolute atomic E-state index is 13.9. The Hall–Kier alpha value is -2.32. The van der Waals surface area contributed by atoms with Gasteiger partial charge < -0.3 is 43.4 Å². The molecule has 47 heavy (non-hydrogen) atoms. The summed E-state index contributed by atoms with van der Waals surface area (Å²) in [5, 5.41) is 24.8. The molecule has 260 valence electrons. The Balaban J connectivity index is 1.47. The Morgan fingerprint density at radius 3 is 2.26 bits per heavy atom. The fraction of sp³-hybridized carbons (Fsp3) is 0.771.